The van der Waals surface area contributed by atoms with E-state index in [4.69, 9.17) is 0 Å². The summed E-state index contributed by atoms with van der Waals surface area (Å²) in [6, 6.07) is 0. The fraction of sp³-hybridized carbons (Fsp3) is 1.00. The molecule has 1 aliphatic heterocycles. The van der Waals surface area contributed by atoms with Crippen LogP contribution in [0.2, 0.25) is 0 Å². The van der Waals surface area contributed by atoms with Crippen LogP contribution in [0.4, 0.5) is 0 Å². The van der Waals surface area contributed by atoms with Gasteiger partial charge in [-0.1, -0.05) is 20.8 Å². The summed E-state index contributed by atoms with van der Waals surface area (Å²) < 4.78 is 0. The van der Waals surface area contributed by atoms with E-state index in [2.05, 4.69) is 32.7 Å². The van der Waals surface area contributed by atoms with Crippen molar-refractivity contribution in [3.8, 4) is 0 Å². The monoisotopic (exact) mass is 169 g/mol. The van der Waals surface area contributed by atoms with Crippen molar-refractivity contribution in [3.05, 3.63) is 0 Å². The summed E-state index contributed by atoms with van der Waals surface area (Å²) in [6.07, 6.45) is 2.86. The highest BCUT2D eigenvalue weighted by molar-refractivity contribution is 4.75. The predicted octanol–water partition coefficient (Wildman–Crippen LogP) is 2.62. The van der Waals surface area contributed by atoms with Crippen LogP contribution in [0, 0.1) is 17.8 Å². The maximum Gasteiger partial charge on any atom is 0.000693 e. The molecule has 0 N–H and O–H groups in total. The van der Waals surface area contributed by atoms with Gasteiger partial charge in [0, 0.05) is 13.1 Å². The molecule has 0 aliphatic carbocycles. The van der Waals surface area contributed by atoms with Gasteiger partial charge in [-0.3, -0.25) is 0 Å². The van der Waals surface area contributed by atoms with E-state index in [0.717, 1.165) is 17.8 Å². The zero-order valence-corrected chi connectivity index (χ0v) is 9.01. The maximum atomic E-state index is 2.49. The van der Waals surface area contributed by atoms with Crippen LogP contribution in [0.3, 0.4) is 0 Å². The van der Waals surface area contributed by atoms with Gasteiger partial charge in [0.2, 0.25) is 0 Å². The Hall–Kier alpha value is -0.0400. The average Bonchev–Trinajstić information content (AvgIpc) is 1.81. The van der Waals surface area contributed by atoms with Gasteiger partial charge in [-0.05, 0) is 37.6 Å². The van der Waals surface area contributed by atoms with Crippen molar-refractivity contribution in [2.24, 2.45) is 17.8 Å². The largest absolute Gasteiger partial charge is 0.306 e. The first kappa shape index (κ1) is 10.0. The average molecular weight is 169 g/mol. The number of nitrogens with zero attached hydrogens (tertiary/aromatic N) is 1. The van der Waals surface area contributed by atoms with E-state index >= 15 is 0 Å². The van der Waals surface area contributed by atoms with Crippen LogP contribution in [0.5, 0.6) is 0 Å². The third-order valence-electron chi connectivity index (χ3n) is 2.73. The molecule has 0 spiro atoms. The van der Waals surface area contributed by atoms with Crippen LogP contribution >= 0.6 is 0 Å². The van der Waals surface area contributed by atoms with E-state index in [1.807, 2.05) is 0 Å². The summed E-state index contributed by atoms with van der Waals surface area (Å²) >= 11 is 0. The fourth-order valence-corrected chi connectivity index (χ4v) is 2.60. The molecule has 0 aromatic rings. The van der Waals surface area contributed by atoms with Crippen molar-refractivity contribution < 1.29 is 0 Å². The quantitative estimate of drug-likeness (QED) is 0.614. The molecule has 1 heterocycles. The van der Waals surface area contributed by atoms with Gasteiger partial charge in [0.1, 0.15) is 0 Å². The van der Waals surface area contributed by atoms with Gasteiger partial charge >= 0.3 is 0 Å². The molecule has 1 rings (SSSR count). The third-order valence-corrected chi connectivity index (χ3v) is 2.73. The van der Waals surface area contributed by atoms with Gasteiger partial charge < -0.3 is 4.90 Å². The number of hydrogen-bond acceptors (Lipinski definition) is 1. The fourth-order valence-electron chi connectivity index (χ4n) is 2.60. The Morgan fingerprint density at radius 2 is 2.00 bits per heavy atom. The van der Waals surface area contributed by atoms with Crippen LogP contribution < -0.4 is 0 Å². The van der Waals surface area contributed by atoms with Gasteiger partial charge in [0.15, 0.2) is 0 Å². The Labute approximate surface area is 77.1 Å². The predicted molar refractivity (Wildman–Crippen MR) is 54.2 cm³/mol. The van der Waals surface area contributed by atoms with E-state index in [-0.39, 0.29) is 0 Å². The van der Waals surface area contributed by atoms with Gasteiger partial charge in [-0.25, -0.2) is 0 Å². The minimum atomic E-state index is 0.869. The first-order valence-corrected chi connectivity index (χ1v) is 5.26. The van der Waals surface area contributed by atoms with Gasteiger partial charge in [0.25, 0.3) is 0 Å². The van der Waals surface area contributed by atoms with E-state index in [1.165, 1.54) is 25.9 Å². The topological polar surface area (TPSA) is 3.24 Å². The number of likely N-dealkylation sites (tertiary alicyclic amines) is 1. The molecule has 0 aromatic carbocycles. The zero-order valence-electron chi connectivity index (χ0n) is 9.01. The highest BCUT2D eigenvalue weighted by atomic mass is 15.1. The SMILES string of the molecule is CC(C)C[C@H]1C[C@@H](C)CN(C)C1. The van der Waals surface area contributed by atoms with Crippen molar-refractivity contribution in [1.29, 1.82) is 0 Å². The van der Waals surface area contributed by atoms with E-state index in [0.29, 0.717) is 0 Å². The molecule has 1 nitrogen and oxygen atoms in total. The molecule has 0 unspecified atom stereocenters. The summed E-state index contributed by atoms with van der Waals surface area (Å²) in [4.78, 5) is 2.49. The molecule has 1 saturated heterocycles. The van der Waals surface area contributed by atoms with Crippen molar-refractivity contribution >= 4 is 0 Å². The lowest BCUT2D eigenvalue weighted by molar-refractivity contribution is 0.146. The second-order valence-electron chi connectivity index (χ2n) is 5.06. The van der Waals surface area contributed by atoms with Gasteiger partial charge in [-0.15, -0.1) is 0 Å². The number of rotatable bonds is 2. The molecule has 0 amide bonds. The normalized spacial score (nSPS) is 32.8. The highest BCUT2D eigenvalue weighted by Crippen LogP contribution is 2.25. The van der Waals surface area contributed by atoms with Crippen molar-refractivity contribution in [3.63, 3.8) is 0 Å². The molecule has 0 bridgehead atoms. The lowest BCUT2D eigenvalue weighted by atomic mass is 9.85. The van der Waals surface area contributed by atoms with Crippen LogP contribution in [0.1, 0.15) is 33.6 Å². The molecule has 0 radical (unpaired) electrons. The molecule has 12 heavy (non-hydrogen) atoms. The Morgan fingerprint density at radius 1 is 1.33 bits per heavy atom. The van der Waals surface area contributed by atoms with Gasteiger partial charge in [0.05, 0.1) is 0 Å². The molecule has 72 valence electrons. The van der Waals surface area contributed by atoms with E-state index in [9.17, 15) is 0 Å². The summed E-state index contributed by atoms with van der Waals surface area (Å²) in [6.45, 7) is 9.67. The third kappa shape index (κ3) is 3.14. The molecular formula is C11H23N. The van der Waals surface area contributed by atoms with Crippen LogP contribution in [-0.2, 0) is 0 Å². The van der Waals surface area contributed by atoms with Gasteiger partial charge in [-0.2, -0.15) is 0 Å². The van der Waals surface area contributed by atoms with E-state index < -0.39 is 0 Å². The van der Waals surface area contributed by atoms with Crippen LogP contribution in [-0.4, -0.2) is 25.0 Å². The second kappa shape index (κ2) is 4.27. The highest BCUT2D eigenvalue weighted by Gasteiger charge is 2.22. The smallest absolute Gasteiger partial charge is 0.000693 e. The Bertz CT molecular complexity index is 118. The Balaban J connectivity index is 2.34. The minimum Gasteiger partial charge on any atom is -0.306 e. The first-order valence-electron chi connectivity index (χ1n) is 5.26. The lowest BCUT2D eigenvalue weighted by Gasteiger charge is -2.34. The molecule has 0 saturated carbocycles. The van der Waals surface area contributed by atoms with Crippen LogP contribution in [0.15, 0.2) is 0 Å². The first-order chi connectivity index (χ1) is 5.58. The number of hydrogen-bond donors (Lipinski definition) is 0. The zero-order chi connectivity index (χ0) is 9.14. The van der Waals surface area contributed by atoms with Crippen molar-refractivity contribution in [2.75, 3.05) is 20.1 Å². The maximum absolute atomic E-state index is 2.49. The summed E-state index contributed by atoms with van der Waals surface area (Å²) in [5.74, 6) is 2.74. The van der Waals surface area contributed by atoms with Crippen molar-refractivity contribution in [2.45, 2.75) is 33.6 Å². The lowest BCUT2D eigenvalue weighted by Crippen LogP contribution is -2.37. The molecular weight excluding hydrogens is 146 g/mol. The summed E-state index contributed by atoms with van der Waals surface area (Å²) in [7, 11) is 2.25. The van der Waals surface area contributed by atoms with E-state index in [1.54, 1.807) is 0 Å². The summed E-state index contributed by atoms with van der Waals surface area (Å²) in [5.41, 5.74) is 0. The Morgan fingerprint density at radius 3 is 2.50 bits per heavy atom. The molecule has 1 heteroatoms. The number of piperidine rings is 1. The summed E-state index contributed by atoms with van der Waals surface area (Å²) in [5, 5.41) is 0. The standard InChI is InChI=1S/C11H23N/c1-9(2)5-11-6-10(3)7-12(4)8-11/h9-11H,5-8H2,1-4H3/t10-,11+/m1/s1. The molecule has 2 atom stereocenters. The Kier molecular flexibility index (Phi) is 3.57. The second-order valence-corrected chi connectivity index (χ2v) is 5.06. The molecule has 1 aliphatic rings. The molecule has 0 aromatic heterocycles. The van der Waals surface area contributed by atoms with Crippen molar-refractivity contribution in [1.82, 2.24) is 4.90 Å². The molecule has 1 fully saturated rings. The minimum absolute atomic E-state index is 0.869. The van der Waals surface area contributed by atoms with Crippen LogP contribution in [0.25, 0.3) is 0 Å².